The third-order valence-corrected chi connectivity index (χ3v) is 3.14. The Morgan fingerprint density at radius 3 is 2.33 bits per heavy atom. The number of carbonyl (C=O) groups excluding carboxylic acids is 2. The van der Waals surface area contributed by atoms with Crippen molar-refractivity contribution in [3.05, 3.63) is 35.9 Å². The Morgan fingerprint density at radius 2 is 1.76 bits per heavy atom. The number of amides is 2. The lowest BCUT2D eigenvalue weighted by Gasteiger charge is -2.29. The Balaban J connectivity index is 2.44. The molecule has 0 heterocycles. The largest absolute Gasteiger partial charge is 0.289 e. The summed E-state index contributed by atoms with van der Waals surface area (Å²) in [6, 6.07) is 9.15. The van der Waals surface area contributed by atoms with Crippen LogP contribution >= 0.6 is 0 Å². The standard InChI is InChI=1S/C15H23N3O3/c1-17(2)18(12-8-4-7-11-14(19)16-21)15(20)13-9-5-3-6-10-13/h3,5-6,9-10,21H,4,7-8,11-12H2,1-2H3,(H,16,19). The molecule has 6 nitrogen and oxygen atoms in total. The van der Waals surface area contributed by atoms with E-state index in [-0.39, 0.29) is 11.8 Å². The SMILES string of the molecule is CN(C)N(CCCCCC(=O)NO)C(=O)c1ccccc1. The van der Waals surface area contributed by atoms with E-state index in [1.165, 1.54) is 0 Å². The quantitative estimate of drug-likeness (QED) is 0.434. The van der Waals surface area contributed by atoms with Gasteiger partial charge < -0.3 is 0 Å². The maximum Gasteiger partial charge on any atom is 0.268 e. The van der Waals surface area contributed by atoms with Crippen molar-refractivity contribution in [2.75, 3.05) is 20.6 Å². The molecule has 116 valence electrons. The minimum Gasteiger partial charge on any atom is -0.289 e. The van der Waals surface area contributed by atoms with Gasteiger partial charge in [0.1, 0.15) is 0 Å². The van der Waals surface area contributed by atoms with Crippen LogP contribution in [-0.2, 0) is 4.79 Å². The molecule has 1 rings (SSSR count). The predicted octanol–water partition coefficient (Wildman–Crippen LogP) is 1.67. The predicted molar refractivity (Wildman–Crippen MR) is 79.6 cm³/mol. The van der Waals surface area contributed by atoms with E-state index in [0.717, 1.165) is 12.8 Å². The molecule has 6 heteroatoms. The summed E-state index contributed by atoms with van der Waals surface area (Å²) in [6.07, 6.45) is 2.60. The van der Waals surface area contributed by atoms with Crippen molar-refractivity contribution in [2.45, 2.75) is 25.7 Å². The third kappa shape index (κ3) is 5.93. The van der Waals surface area contributed by atoms with Crippen molar-refractivity contribution in [3.8, 4) is 0 Å². The minimum atomic E-state index is -0.375. The molecule has 0 spiro atoms. The van der Waals surface area contributed by atoms with Crippen molar-refractivity contribution in [1.82, 2.24) is 15.5 Å². The van der Waals surface area contributed by atoms with Gasteiger partial charge in [0.25, 0.3) is 5.91 Å². The number of nitrogens with zero attached hydrogens (tertiary/aromatic N) is 2. The molecule has 0 unspecified atom stereocenters. The highest BCUT2D eigenvalue weighted by Crippen LogP contribution is 2.09. The van der Waals surface area contributed by atoms with Crippen molar-refractivity contribution >= 4 is 11.8 Å². The van der Waals surface area contributed by atoms with Crippen molar-refractivity contribution in [2.24, 2.45) is 0 Å². The van der Waals surface area contributed by atoms with Gasteiger partial charge >= 0.3 is 0 Å². The van der Waals surface area contributed by atoms with Gasteiger partial charge in [0.2, 0.25) is 5.91 Å². The molecule has 21 heavy (non-hydrogen) atoms. The van der Waals surface area contributed by atoms with Crippen LogP contribution < -0.4 is 5.48 Å². The average molecular weight is 293 g/mol. The van der Waals surface area contributed by atoms with E-state index in [9.17, 15) is 9.59 Å². The molecule has 0 fully saturated rings. The summed E-state index contributed by atoms with van der Waals surface area (Å²) < 4.78 is 0. The molecule has 0 saturated carbocycles. The van der Waals surface area contributed by atoms with E-state index in [0.29, 0.717) is 24.9 Å². The molecule has 0 radical (unpaired) electrons. The number of benzene rings is 1. The topological polar surface area (TPSA) is 72.9 Å². The van der Waals surface area contributed by atoms with Crippen LogP contribution in [0.1, 0.15) is 36.0 Å². The van der Waals surface area contributed by atoms with E-state index in [1.54, 1.807) is 27.6 Å². The highest BCUT2D eigenvalue weighted by Gasteiger charge is 2.16. The molecule has 0 bridgehead atoms. The number of hydrazine groups is 1. The van der Waals surface area contributed by atoms with Gasteiger partial charge in [-0.05, 0) is 25.0 Å². The zero-order valence-corrected chi connectivity index (χ0v) is 12.6. The second-order valence-electron chi connectivity index (χ2n) is 4.99. The van der Waals surface area contributed by atoms with Crippen molar-refractivity contribution < 1.29 is 14.8 Å². The van der Waals surface area contributed by atoms with E-state index in [1.807, 2.05) is 32.3 Å². The Hall–Kier alpha value is -1.92. The van der Waals surface area contributed by atoms with Gasteiger partial charge in [-0.3, -0.25) is 19.8 Å². The van der Waals surface area contributed by atoms with Gasteiger partial charge in [-0.2, -0.15) is 0 Å². The normalized spacial score (nSPS) is 10.5. The summed E-state index contributed by atoms with van der Waals surface area (Å²) in [7, 11) is 3.67. The lowest BCUT2D eigenvalue weighted by Crippen LogP contribution is -2.42. The fraction of sp³-hybridized carbons (Fsp3) is 0.467. The molecular formula is C15H23N3O3. The first kappa shape index (κ1) is 17.1. The average Bonchev–Trinajstić information content (AvgIpc) is 2.50. The summed E-state index contributed by atoms with van der Waals surface area (Å²) >= 11 is 0. The number of carbonyl (C=O) groups is 2. The van der Waals surface area contributed by atoms with Crippen LogP contribution in [0.15, 0.2) is 30.3 Å². The second kappa shape index (κ2) is 9.10. The Kier molecular flexibility index (Phi) is 7.42. The Labute approximate surface area is 125 Å². The van der Waals surface area contributed by atoms with Gasteiger partial charge in [0, 0.05) is 32.6 Å². The van der Waals surface area contributed by atoms with Crippen LogP contribution in [0, 0.1) is 0 Å². The number of rotatable bonds is 8. The molecule has 2 N–H and O–H groups in total. The number of unbranched alkanes of at least 4 members (excludes halogenated alkanes) is 2. The lowest BCUT2D eigenvalue weighted by molar-refractivity contribution is -0.129. The summed E-state index contributed by atoms with van der Waals surface area (Å²) in [5, 5.41) is 11.8. The van der Waals surface area contributed by atoms with Gasteiger partial charge in [0.05, 0.1) is 0 Å². The monoisotopic (exact) mass is 293 g/mol. The van der Waals surface area contributed by atoms with E-state index in [2.05, 4.69) is 0 Å². The molecule has 1 aromatic rings. The summed E-state index contributed by atoms with van der Waals surface area (Å²) in [5.41, 5.74) is 2.27. The maximum atomic E-state index is 12.4. The fourth-order valence-electron chi connectivity index (χ4n) is 1.99. The smallest absolute Gasteiger partial charge is 0.268 e. The molecule has 2 amide bonds. The van der Waals surface area contributed by atoms with Crippen LogP contribution in [0.4, 0.5) is 0 Å². The highest BCUT2D eigenvalue weighted by atomic mass is 16.5. The molecule has 0 aliphatic rings. The van der Waals surface area contributed by atoms with E-state index in [4.69, 9.17) is 5.21 Å². The lowest BCUT2D eigenvalue weighted by atomic mass is 10.1. The van der Waals surface area contributed by atoms with E-state index < -0.39 is 0 Å². The third-order valence-electron chi connectivity index (χ3n) is 3.14. The van der Waals surface area contributed by atoms with Crippen molar-refractivity contribution in [3.63, 3.8) is 0 Å². The zero-order valence-electron chi connectivity index (χ0n) is 12.6. The number of nitrogens with one attached hydrogen (secondary N) is 1. The summed E-state index contributed by atoms with van der Waals surface area (Å²) in [4.78, 5) is 23.3. The molecule has 0 aliphatic carbocycles. The fourth-order valence-corrected chi connectivity index (χ4v) is 1.99. The molecule has 0 aliphatic heterocycles. The molecule has 0 saturated heterocycles. The summed E-state index contributed by atoms with van der Waals surface area (Å²) in [5.74, 6) is -0.409. The van der Waals surface area contributed by atoms with E-state index >= 15 is 0 Å². The van der Waals surface area contributed by atoms with Gasteiger partial charge in [-0.1, -0.05) is 24.6 Å². The molecule has 1 aromatic carbocycles. The minimum absolute atomic E-state index is 0.0336. The maximum absolute atomic E-state index is 12.4. The number of hydrogen-bond donors (Lipinski definition) is 2. The Bertz CT molecular complexity index is 449. The number of hydroxylamine groups is 1. The van der Waals surface area contributed by atoms with Crippen LogP contribution in [0.25, 0.3) is 0 Å². The first-order valence-corrected chi connectivity index (χ1v) is 7.03. The van der Waals surface area contributed by atoms with Crippen LogP contribution in [0.5, 0.6) is 0 Å². The molecule has 0 atom stereocenters. The molecule has 0 aromatic heterocycles. The Morgan fingerprint density at radius 1 is 1.10 bits per heavy atom. The first-order chi connectivity index (χ1) is 10.1. The summed E-state index contributed by atoms with van der Waals surface area (Å²) in [6.45, 7) is 0.599. The van der Waals surface area contributed by atoms with Crippen LogP contribution in [0.2, 0.25) is 0 Å². The van der Waals surface area contributed by atoms with Crippen LogP contribution in [-0.4, -0.2) is 47.7 Å². The first-order valence-electron chi connectivity index (χ1n) is 7.03. The second-order valence-corrected chi connectivity index (χ2v) is 4.99. The van der Waals surface area contributed by atoms with Gasteiger partial charge in [0.15, 0.2) is 0 Å². The zero-order chi connectivity index (χ0) is 15.7. The molecular weight excluding hydrogens is 270 g/mol. The van der Waals surface area contributed by atoms with Gasteiger partial charge in [-0.25, -0.2) is 10.5 Å². The highest BCUT2D eigenvalue weighted by molar-refractivity contribution is 5.93. The number of hydrogen-bond acceptors (Lipinski definition) is 4. The van der Waals surface area contributed by atoms with Crippen molar-refractivity contribution in [1.29, 1.82) is 0 Å². The van der Waals surface area contributed by atoms with Gasteiger partial charge in [-0.15, -0.1) is 0 Å². The van der Waals surface area contributed by atoms with Crippen LogP contribution in [0.3, 0.4) is 0 Å².